The van der Waals surface area contributed by atoms with E-state index in [2.05, 4.69) is 5.32 Å². The number of amides is 1. The Morgan fingerprint density at radius 2 is 2.18 bits per heavy atom. The maximum Gasteiger partial charge on any atom is 0.255 e. The molecule has 0 spiro atoms. The van der Waals surface area contributed by atoms with Gasteiger partial charge in [0.05, 0.1) is 17.1 Å². The zero-order chi connectivity index (χ0) is 12.3. The van der Waals surface area contributed by atoms with Gasteiger partial charge in [-0.3, -0.25) is 4.79 Å². The summed E-state index contributed by atoms with van der Waals surface area (Å²) in [6.45, 7) is 0.487. The number of hydrogen-bond donors (Lipinski definition) is 2. The molecule has 0 atom stereocenters. The lowest BCUT2D eigenvalue weighted by molar-refractivity contribution is 0.0952. The summed E-state index contributed by atoms with van der Waals surface area (Å²) in [5.74, 6) is -0.249. The number of nitrogen functional groups attached to an aromatic ring is 1. The van der Waals surface area contributed by atoms with E-state index in [1.54, 1.807) is 29.5 Å². The molecule has 2 aromatic rings. The molecule has 2 rings (SSSR count). The Hall–Kier alpha value is -1.52. The standard InChI is InChI=1S/C12H11ClN2OS/c13-9-4-1-5-10(14)11(9)12(16)15-7-8-3-2-6-17-8/h1-6H,7,14H2,(H,15,16). The molecule has 3 nitrogen and oxygen atoms in total. The molecule has 0 fully saturated rings. The van der Waals surface area contributed by atoms with Crippen LogP contribution in [0.4, 0.5) is 5.69 Å². The van der Waals surface area contributed by atoms with Gasteiger partial charge in [-0.15, -0.1) is 11.3 Å². The molecule has 1 heterocycles. The number of nitrogens with one attached hydrogen (secondary N) is 1. The summed E-state index contributed by atoms with van der Waals surface area (Å²) >= 11 is 7.54. The van der Waals surface area contributed by atoms with Crippen LogP contribution in [0, 0.1) is 0 Å². The molecule has 0 bridgehead atoms. The molecule has 1 aromatic carbocycles. The molecule has 5 heteroatoms. The third-order valence-corrected chi connectivity index (χ3v) is 3.47. The summed E-state index contributed by atoms with van der Waals surface area (Å²) in [6.07, 6.45) is 0. The fourth-order valence-electron chi connectivity index (χ4n) is 1.45. The van der Waals surface area contributed by atoms with Crippen LogP contribution >= 0.6 is 22.9 Å². The third-order valence-electron chi connectivity index (χ3n) is 2.28. The number of nitrogens with two attached hydrogens (primary N) is 1. The average molecular weight is 267 g/mol. The van der Waals surface area contributed by atoms with E-state index < -0.39 is 0 Å². The number of hydrogen-bond acceptors (Lipinski definition) is 3. The molecule has 17 heavy (non-hydrogen) atoms. The smallest absolute Gasteiger partial charge is 0.255 e. The van der Waals surface area contributed by atoms with Crippen LogP contribution in [0.5, 0.6) is 0 Å². The van der Waals surface area contributed by atoms with E-state index in [9.17, 15) is 4.79 Å². The third kappa shape index (κ3) is 2.78. The van der Waals surface area contributed by atoms with Crippen molar-refractivity contribution >= 4 is 34.5 Å². The van der Waals surface area contributed by atoms with Gasteiger partial charge in [-0.2, -0.15) is 0 Å². The summed E-state index contributed by atoms with van der Waals surface area (Å²) < 4.78 is 0. The van der Waals surface area contributed by atoms with E-state index in [0.29, 0.717) is 22.8 Å². The van der Waals surface area contributed by atoms with Gasteiger partial charge in [0.25, 0.3) is 5.91 Å². The molecular formula is C12H11ClN2OS. The highest BCUT2D eigenvalue weighted by Crippen LogP contribution is 2.21. The van der Waals surface area contributed by atoms with Gasteiger partial charge in [-0.1, -0.05) is 23.7 Å². The monoisotopic (exact) mass is 266 g/mol. The minimum absolute atomic E-state index is 0.249. The van der Waals surface area contributed by atoms with Crippen LogP contribution < -0.4 is 11.1 Å². The fraction of sp³-hybridized carbons (Fsp3) is 0.0833. The predicted octanol–water partition coefficient (Wildman–Crippen LogP) is 2.91. The highest BCUT2D eigenvalue weighted by molar-refractivity contribution is 7.09. The number of carbonyl (C=O) groups is 1. The van der Waals surface area contributed by atoms with Gasteiger partial charge in [0, 0.05) is 10.6 Å². The second-order valence-corrected chi connectivity index (χ2v) is 4.91. The molecule has 88 valence electrons. The molecule has 0 aliphatic heterocycles. The average Bonchev–Trinajstić information content (AvgIpc) is 2.79. The van der Waals surface area contributed by atoms with Crippen molar-refractivity contribution in [1.29, 1.82) is 0 Å². The minimum atomic E-state index is -0.249. The van der Waals surface area contributed by atoms with Crippen LogP contribution in [-0.2, 0) is 6.54 Å². The number of thiophene rings is 1. The van der Waals surface area contributed by atoms with E-state index in [-0.39, 0.29) is 5.91 Å². The van der Waals surface area contributed by atoms with Gasteiger partial charge in [0.1, 0.15) is 0 Å². The van der Waals surface area contributed by atoms with Gasteiger partial charge < -0.3 is 11.1 Å². The van der Waals surface area contributed by atoms with Crippen molar-refractivity contribution in [3.63, 3.8) is 0 Å². The Morgan fingerprint density at radius 1 is 1.35 bits per heavy atom. The highest BCUT2D eigenvalue weighted by Gasteiger charge is 2.13. The van der Waals surface area contributed by atoms with Crippen LogP contribution in [0.2, 0.25) is 5.02 Å². The SMILES string of the molecule is Nc1cccc(Cl)c1C(=O)NCc1cccs1. The maximum atomic E-state index is 11.9. The van der Waals surface area contributed by atoms with Crippen molar-refractivity contribution in [2.45, 2.75) is 6.54 Å². The Kier molecular flexibility index (Phi) is 3.66. The van der Waals surface area contributed by atoms with Crippen molar-refractivity contribution < 1.29 is 4.79 Å². The molecular weight excluding hydrogens is 256 g/mol. The molecule has 0 radical (unpaired) electrons. The van der Waals surface area contributed by atoms with Gasteiger partial charge in [-0.25, -0.2) is 0 Å². The minimum Gasteiger partial charge on any atom is -0.398 e. The molecule has 0 unspecified atom stereocenters. The van der Waals surface area contributed by atoms with Gasteiger partial charge in [0.15, 0.2) is 0 Å². The Balaban J connectivity index is 2.10. The molecule has 0 saturated carbocycles. The first-order valence-corrected chi connectivity index (χ1v) is 6.29. The summed E-state index contributed by atoms with van der Waals surface area (Å²) in [4.78, 5) is 13.0. The topological polar surface area (TPSA) is 55.1 Å². The van der Waals surface area contributed by atoms with Crippen LogP contribution in [0.3, 0.4) is 0 Å². The zero-order valence-corrected chi connectivity index (χ0v) is 10.5. The van der Waals surface area contributed by atoms with E-state index >= 15 is 0 Å². The van der Waals surface area contributed by atoms with E-state index in [4.69, 9.17) is 17.3 Å². The second-order valence-electron chi connectivity index (χ2n) is 3.47. The van der Waals surface area contributed by atoms with Gasteiger partial charge in [0.2, 0.25) is 0 Å². The molecule has 0 saturated heterocycles. The summed E-state index contributed by atoms with van der Waals surface area (Å²) in [5.41, 5.74) is 6.46. The lowest BCUT2D eigenvalue weighted by Crippen LogP contribution is -2.23. The second kappa shape index (κ2) is 5.21. The van der Waals surface area contributed by atoms with E-state index in [1.807, 2.05) is 17.5 Å². The molecule has 0 aliphatic carbocycles. The number of anilines is 1. The quantitative estimate of drug-likeness (QED) is 0.840. The van der Waals surface area contributed by atoms with Crippen molar-refractivity contribution in [3.05, 3.63) is 51.2 Å². The first-order valence-electron chi connectivity index (χ1n) is 5.03. The Bertz CT molecular complexity index is 505. The van der Waals surface area contributed by atoms with Crippen molar-refractivity contribution in [1.82, 2.24) is 5.32 Å². The molecule has 1 amide bonds. The Morgan fingerprint density at radius 3 is 2.82 bits per heavy atom. The number of carbonyl (C=O) groups excluding carboxylic acids is 1. The largest absolute Gasteiger partial charge is 0.398 e. The maximum absolute atomic E-state index is 11.9. The van der Waals surface area contributed by atoms with Crippen molar-refractivity contribution in [3.8, 4) is 0 Å². The number of rotatable bonds is 3. The lowest BCUT2D eigenvalue weighted by atomic mass is 10.1. The fourth-order valence-corrected chi connectivity index (χ4v) is 2.36. The van der Waals surface area contributed by atoms with Crippen molar-refractivity contribution in [2.75, 3.05) is 5.73 Å². The molecule has 1 aromatic heterocycles. The van der Waals surface area contributed by atoms with Crippen LogP contribution in [0.15, 0.2) is 35.7 Å². The number of benzene rings is 1. The van der Waals surface area contributed by atoms with Crippen LogP contribution in [-0.4, -0.2) is 5.91 Å². The summed E-state index contributed by atoms with van der Waals surface area (Å²) in [5, 5.41) is 5.12. The zero-order valence-electron chi connectivity index (χ0n) is 8.94. The molecule has 3 N–H and O–H groups in total. The molecule has 0 aliphatic rings. The lowest BCUT2D eigenvalue weighted by Gasteiger charge is -2.08. The summed E-state index contributed by atoms with van der Waals surface area (Å²) in [6, 6.07) is 8.93. The van der Waals surface area contributed by atoms with Crippen molar-refractivity contribution in [2.24, 2.45) is 0 Å². The van der Waals surface area contributed by atoms with Gasteiger partial charge >= 0.3 is 0 Å². The summed E-state index contributed by atoms with van der Waals surface area (Å²) in [7, 11) is 0. The van der Waals surface area contributed by atoms with E-state index in [0.717, 1.165) is 4.88 Å². The first kappa shape index (κ1) is 12.0. The normalized spacial score (nSPS) is 10.2. The van der Waals surface area contributed by atoms with Crippen LogP contribution in [0.25, 0.3) is 0 Å². The van der Waals surface area contributed by atoms with E-state index in [1.165, 1.54) is 0 Å². The van der Waals surface area contributed by atoms with Gasteiger partial charge in [-0.05, 0) is 23.6 Å². The first-order chi connectivity index (χ1) is 8.18. The highest BCUT2D eigenvalue weighted by atomic mass is 35.5. The predicted molar refractivity (Wildman–Crippen MR) is 71.4 cm³/mol. The Labute approximate surface area is 108 Å². The van der Waals surface area contributed by atoms with Crippen LogP contribution in [0.1, 0.15) is 15.2 Å². The number of halogens is 1.